The molecule has 1 aromatic carbocycles. The number of aliphatic hydroxyl groups excluding tert-OH is 1. The minimum absolute atomic E-state index is 0.212. The second kappa shape index (κ2) is 6.92. The average Bonchev–Trinajstić information content (AvgIpc) is 2.46. The molecule has 1 aliphatic rings. The molecule has 1 aromatic rings. The summed E-state index contributed by atoms with van der Waals surface area (Å²) in [7, 11) is 4.05. The van der Waals surface area contributed by atoms with Crippen molar-refractivity contribution in [3.05, 3.63) is 28.2 Å². The van der Waals surface area contributed by atoms with Crippen LogP contribution in [0.5, 0.6) is 0 Å². The van der Waals surface area contributed by atoms with Gasteiger partial charge in [0.1, 0.15) is 0 Å². The second-order valence-electron chi connectivity index (χ2n) is 5.75. The van der Waals surface area contributed by atoms with Crippen LogP contribution >= 0.6 is 15.9 Å². The Bertz CT molecular complexity index is 452. The van der Waals surface area contributed by atoms with Gasteiger partial charge in [-0.25, -0.2) is 0 Å². The zero-order chi connectivity index (χ0) is 14.7. The van der Waals surface area contributed by atoms with E-state index in [-0.39, 0.29) is 12.1 Å². The van der Waals surface area contributed by atoms with Gasteiger partial charge >= 0.3 is 0 Å². The molecule has 0 aliphatic heterocycles. The Balaban J connectivity index is 2.19. The summed E-state index contributed by atoms with van der Waals surface area (Å²) >= 11 is 3.68. The SMILES string of the molecule is CNC(C)c1ccc(N(C)C2CCCCC2O)c(Br)c1. The van der Waals surface area contributed by atoms with E-state index >= 15 is 0 Å². The minimum atomic E-state index is -0.212. The van der Waals surface area contributed by atoms with E-state index in [1.165, 1.54) is 12.0 Å². The van der Waals surface area contributed by atoms with Gasteiger partial charge in [-0.2, -0.15) is 0 Å². The molecule has 0 bridgehead atoms. The first-order chi connectivity index (χ1) is 9.54. The molecular weight excluding hydrogens is 316 g/mol. The molecule has 3 nitrogen and oxygen atoms in total. The number of rotatable bonds is 4. The third-order valence-electron chi connectivity index (χ3n) is 4.48. The summed E-state index contributed by atoms with van der Waals surface area (Å²) in [6.07, 6.45) is 4.13. The van der Waals surface area contributed by atoms with Gasteiger partial charge in [-0.1, -0.05) is 18.9 Å². The summed E-state index contributed by atoms with van der Waals surface area (Å²) in [5.74, 6) is 0. The molecule has 2 N–H and O–H groups in total. The van der Waals surface area contributed by atoms with Crippen LogP contribution in [0.3, 0.4) is 0 Å². The molecule has 112 valence electrons. The number of aliphatic hydroxyl groups is 1. The summed E-state index contributed by atoms with van der Waals surface area (Å²) < 4.78 is 1.09. The van der Waals surface area contributed by atoms with E-state index in [1.54, 1.807) is 0 Å². The number of anilines is 1. The third-order valence-corrected chi connectivity index (χ3v) is 5.11. The van der Waals surface area contributed by atoms with E-state index in [0.717, 1.165) is 29.4 Å². The maximum absolute atomic E-state index is 10.2. The van der Waals surface area contributed by atoms with E-state index in [1.807, 2.05) is 7.05 Å². The molecule has 1 fully saturated rings. The standard InChI is InChI=1S/C16H25BrN2O/c1-11(18-2)12-8-9-14(13(17)10-12)19(3)15-6-4-5-7-16(15)20/h8-11,15-16,18,20H,4-7H2,1-3H3. The highest BCUT2D eigenvalue weighted by Crippen LogP contribution is 2.33. The Morgan fingerprint density at radius 1 is 1.35 bits per heavy atom. The zero-order valence-electron chi connectivity index (χ0n) is 12.6. The molecule has 1 aliphatic carbocycles. The predicted octanol–water partition coefficient (Wildman–Crippen LogP) is 3.47. The lowest BCUT2D eigenvalue weighted by molar-refractivity contribution is 0.106. The Labute approximate surface area is 130 Å². The Kier molecular flexibility index (Phi) is 5.47. The number of hydrogen-bond acceptors (Lipinski definition) is 3. The number of nitrogens with one attached hydrogen (secondary N) is 1. The zero-order valence-corrected chi connectivity index (χ0v) is 14.2. The summed E-state index contributed by atoms with van der Waals surface area (Å²) in [5.41, 5.74) is 2.42. The summed E-state index contributed by atoms with van der Waals surface area (Å²) in [6, 6.07) is 7.04. The molecule has 1 saturated carbocycles. The molecule has 0 saturated heterocycles. The Hall–Kier alpha value is -0.580. The van der Waals surface area contributed by atoms with Crippen molar-refractivity contribution in [2.45, 2.75) is 50.8 Å². The summed E-state index contributed by atoms with van der Waals surface area (Å²) in [5, 5.41) is 13.5. The van der Waals surface area contributed by atoms with Gasteiger partial charge in [-0.15, -0.1) is 0 Å². The third kappa shape index (κ3) is 3.35. The van der Waals surface area contributed by atoms with E-state index in [2.05, 4.69) is 58.3 Å². The predicted molar refractivity (Wildman–Crippen MR) is 88.3 cm³/mol. The molecule has 2 rings (SSSR count). The molecule has 0 aromatic heterocycles. The molecule has 0 radical (unpaired) electrons. The van der Waals surface area contributed by atoms with Crippen LogP contribution in [0.15, 0.2) is 22.7 Å². The lowest BCUT2D eigenvalue weighted by Crippen LogP contribution is -2.43. The number of likely N-dealkylation sites (N-methyl/N-ethyl adjacent to an activating group) is 1. The highest BCUT2D eigenvalue weighted by molar-refractivity contribution is 9.10. The molecular formula is C16H25BrN2O. The summed E-state index contributed by atoms with van der Waals surface area (Å²) in [4.78, 5) is 2.22. The molecule has 0 amide bonds. The Morgan fingerprint density at radius 3 is 2.65 bits per heavy atom. The van der Waals surface area contributed by atoms with Crippen LogP contribution in [0.4, 0.5) is 5.69 Å². The minimum Gasteiger partial charge on any atom is -0.391 e. The quantitative estimate of drug-likeness (QED) is 0.880. The summed E-state index contributed by atoms with van der Waals surface area (Å²) in [6.45, 7) is 2.15. The van der Waals surface area contributed by atoms with Crippen molar-refractivity contribution < 1.29 is 5.11 Å². The molecule has 3 unspecified atom stereocenters. The van der Waals surface area contributed by atoms with Crippen molar-refractivity contribution in [3.8, 4) is 0 Å². The van der Waals surface area contributed by atoms with Crippen molar-refractivity contribution in [1.82, 2.24) is 5.32 Å². The molecule has 4 heteroatoms. The van der Waals surface area contributed by atoms with Gasteiger partial charge in [0.05, 0.1) is 17.8 Å². The first-order valence-corrected chi connectivity index (χ1v) is 8.21. The van der Waals surface area contributed by atoms with Crippen molar-refractivity contribution >= 4 is 21.6 Å². The smallest absolute Gasteiger partial charge is 0.0743 e. The van der Waals surface area contributed by atoms with E-state index < -0.39 is 0 Å². The molecule has 0 spiro atoms. The largest absolute Gasteiger partial charge is 0.391 e. The van der Waals surface area contributed by atoms with E-state index in [0.29, 0.717) is 6.04 Å². The highest BCUT2D eigenvalue weighted by atomic mass is 79.9. The maximum atomic E-state index is 10.2. The van der Waals surface area contributed by atoms with Crippen LogP contribution in [0, 0.1) is 0 Å². The molecule has 3 atom stereocenters. The van der Waals surface area contributed by atoms with Crippen LogP contribution in [0.25, 0.3) is 0 Å². The fraction of sp³-hybridized carbons (Fsp3) is 0.625. The van der Waals surface area contributed by atoms with Crippen LogP contribution in [-0.4, -0.2) is 31.3 Å². The first kappa shape index (κ1) is 15.8. The van der Waals surface area contributed by atoms with Crippen molar-refractivity contribution in [2.75, 3.05) is 19.0 Å². The number of nitrogens with zero attached hydrogens (tertiary/aromatic N) is 1. The first-order valence-electron chi connectivity index (χ1n) is 7.42. The van der Waals surface area contributed by atoms with Gasteiger partial charge in [-0.3, -0.25) is 0 Å². The second-order valence-corrected chi connectivity index (χ2v) is 6.61. The van der Waals surface area contributed by atoms with Crippen LogP contribution < -0.4 is 10.2 Å². The van der Waals surface area contributed by atoms with Gasteiger partial charge in [0.2, 0.25) is 0 Å². The lowest BCUT2D eigenvalue weighted by atomic mass is 9.91. The lowest BCUT2D eigenvalue weighted by Gasteiger charge is -2.37. The van der Waals surface area contributed by atoms with E-state index in [4.69, 9.17) is 0 Å². The van der Waals surface area contributed by atoms with Crippen molar-refractivity contribution in [1.29, 1.82) is 0 Å². The van der Waals surface area contributed by atoms with Gasteiger partial charge in [-0.05, 0) is 60.4 Å². The van der Waals surface area contributed by atoms with Crippen molar-refractivity contribution in [2.24, 2.45) is 0 Å². The van der Waals surface area contributed by atoms with Crippen LogP contribution in [0.2, 0.25) is 0 Å². The van der Waals surface area contributed by atoms with Crippen LogP contribution in [0.1, 0.15) is 44.2 Å². The molecule has 20 heavy (non-hydrogen) atoms. The molecule has 0 heterocycles. The van der Waals surface area contributed by atoms with Gasteiger partial charge < -0.3 is 15.3 Å². The fourth-order valence-corrected chi connectivity index (χ4v) is 3.64. The van der Waals surface area contributed by atoms with Crippen molar-refractivity contribution in [3.63, 3.8) is 0 Å². The Morgan fingerprint density at radius 2 is 2.05 bits per heavy atom. The van der Waals surface area contributed by atoms with Gasteiger partial charge in [0.25, 0.3) is 0 Å². The van der Waals surface area contributed by atoms with Gasteiger partial charge in [0.15, 0.2) is 0 Å². The number of halogens is 1. The topological polar surface area (TPSA) is 35.5 Å². The number of hydrogen-bond donors (Lipinski definition) is 2. The monoisotopic (exact) mass is 340 g/mol. The van der Waals surface area contributed by atoms with Gasteiger partial charge in [0, 0.05) is 17.6 Å². The maximum Gasteiger partial charge on any atom is 0.0743 e. The highest BCUT2D eigenvalue weighted by Gasteiger charge is 2.27. The van der Waals surface area contributed by atoms with E-state index in [9.17, 15) is 5.11 Å². The number of benzene rings is 1. The fourth-order valence-electron chi connectivity index (χ4n) is 2.97. The normalized spacial score (nSPS) is 24.4. The van der Waals surface area contributed by atoms with Crippen LogP contribution in [-0.2, 0) is 0 Å². The average molecular weight is 341 g/mol.